The van der Waals surface area contributed by atoms with Crippen LogP contribution in [0.25, 0.3) is 21.8 Å². The normalized spacial score (nSPS) is 18.4. The lowest BCUT2D eigenvalue weighted by Gasteiger charge is -2.25. The van der Waals surface area contributed by atoms with E-state index >= 15 is 0 Å². The summed E-state index contributed by atoms with van der Waals surface area (Å²) in [6, 6.07) is 21.3. The van der Waals surface area contributed by atoms with E-state index in [1.807, 2.05) is 12.1 Å². The molecule has 4 aromatic rings. The van der Waals surface area contributed by atoms with Gasteiger partial charge in [0.1, 0.15) is 5.82 Å². The number of fused-ring (bicyclic) bond motifs is 4. The number of aryl methyl sites for hydroxylation is 2. The highest BCUT2D eigenvalue weighted by Crippen LogP contribution is 2.29. The zero-order chi connectivity index (χ0) is 20.1. The number of likely N-dealkylation sites (tertiary alicyclic amines) is 1. The standard InChI is InChI=1S/C26H25N3O/c30-26(20-12-13-23-24(17-20)29-15-5-11-25(29)27-23)28-14-4-9-21(28)16-19-8-3-7-18-6-1-2-10-22(18)19/h1-3,6-8,10,12-13,17,21H,4-5,9,11,14-16H2. The molecule has 0 N–H and O–H groups in total. The number of carbonyl (C=O) groups excluding carboxylic acids is 1. The van der Waals surface area contributed by atoms with E-state index in [4.69, 9.17) is 4.98 Å². The van der Waals surface area contributed by atoms with Crippen LogP contribution < -0.4 is 0 Å². The molecular weight excluding hydrogens is 370 g/mol. The molecule has 2 aliphatic rings. The number of benzene rings is 3. The van der Waals surface area contributed by atoms with E-state index in [1.54, 1.807) is 0 Å². The first-order valence-corrected chi connectivity index (χ1v) is 11.0. The summed E-state index contributed by atoms with van der Waals surface area (Å²) in [6.07, 6.45) is 5.25. The van der Waals surface area contributed by atoms with Gasteiger partial charge in [-0.25, -0.2) is 4.98 Å². The average molecular weight is 396 g/mol. The van der Waals surface area contributed by atoms with Crippen molar-refractivity contribution in [2.75, 3.05) is 6.54 Å². The van der Waals surface area contributed by atoms with Crippen LogP contribution in [0, 0.1) is 0 Å². The minimum atomic E-state index is 0.160. The van der Waals surface area contributed by atoms with E-state index in [1.165, 1.54) is 16.3 Å². The van der Waals surface area contributed by atoms with Gasteiger partial charge in [-0.05, 0) is 60.2 Å². The third-order valence-electron chi connectivity index (χ3n) is 6.83. The third kappa shape index (κ3) is 2.82. The Morgan fingerprint density at radius 3 is 2.87 bits per heavy atom. The summed E-state index contributed by atoms with van der Waals surface area (Å²) in [7, 11) is 0. The van der Waals surface area contributed by atoms with Gasteiger partial charge in [-0.1, -0.05) is 42.5 Å². The van der Waals surface area contributed by atoms with Crippen molar-refractivity contribution in [2.45, 2.75) is 44.7 Å². The molecule has 30 heavy (non-hydrogen) atoms. The molecule has 1 fully saturated rings. The summed E-state index contributed by atoms with van der Waals surface area (Å²) in [5.74, 6) is 1.32. The van der Waals surface area contributed by atoms with E-state index in [0.717, 1.165) is 67.6 Å². The number of carbonyl (C=O) groups is 1. The Kier molecular flexibility index (Phi) is 4.12. The predicted octanol–water partition coefficient (Wildman–Crippen LogP) is 4.98. The van der Waals surface area contributed by atoms with Gasteiger partial charge in [0.15, 0.2) is 0 Å². The molecule has 0 saturated carbocycles. The highest BCUT2D eigenvalue weighted by molar-refractivity contribution is 5.98. The van der Waals surface area contributed by atoms with Crippen molar-refractivity contribution in [1.82, 2.24) is 14.5 Å². The fourth-order valence-corrected chi connectivity index (χ4v) is 5.35. The molecule has 0 radical (unpaired) electrons. The first kappa shape index (κ1) is 17.7. The van der Waals surface area contributed by atoms with Crippen molar-refractivity contribution in [3.63, 3.8) is 0 Å². The van der Waals surface area contributed by atoms with Gasteiger partial charge in [-0.2, -0.15) is 0 Å². The summed E-state index contributed by atoms with van der Waals surface area (Å²) in [5, 5.41) is 2.57. The first-order valence-electron chi connectivity index (χ1n) is 11.0. The molecule has 4 nitrogen and oxygen atoms in total. The summed E-state index contributed by atoms with van der Waals surface area (Å²) >= 11 is 0. The van der Waals surface area contributed by atoms with Crippen LogP contribution in [0.5, 0.6) is 0 Å². The Hall–Kier alpha value is -3.14. The molecule has 1 saturated heterocycles. The number of rotatable bonds is 3. The SMILES string of the molecule is O=C(c1ccc2nc3n(c2c1)CCC3)N1CCCC1Cc1cccc2ccccc12. The Morgan fingerprint density at radius 2 is 1.90 bits per heavy atom. The monoisotopic (exact) mass is 395 g/mol. The van der Waals surface area contributed by atoms with Gasteiger partial charge >= 0.3 is 0 Å². The second kappa shape index (κ2) is 6.98. The quantitative estimate of drug-likeness (QED) is 0.490. The van der Waals surface area contributed by atoms with Crippen LogP contribution in [0.2, 0.25) is 0 Å². The maximum Gasteiger partial charge on any atom is 0.254 e. The van der Waals surface area contributed by atoms with Crippen LogP contribution >= 0.6 is 0 Å². The van der Waals surface area contributed by atoms with Gasteiger partial charge < -0.3 is 9.47 Å². The highest BCUT2D eigenvalue weighted by atomic mass is 16.2. The Morgan fingerprint density at radius 1 is 1.00 bits per heavy atom. The molecule has 6 rings (SSSR count). The molecule has 1 atom stereocenters. The van der Waals surface area contributed by atoms with Crippen molar-refractivity contribution < 1.29 is 4.79 Å². The van der Waals surface area contributed by atoms with Crippen molar-refractivity contribution in [1.29, 1.82) is 0 Å². The van der Waals surface area contributed by atoms with Crippen molar-refractivity contribution >= 4 is 27.7 Å². The number of imidazole rings is 1. The summed E-state index contributed by atoms with van der Waals surface area (Å²) in [6.45, 7) is 1.85. The second-order valence-corrected chi connectivity index (χ2v) is 8.62. The maximum absolute atomic E-state index is 13.5. The molecule has 4 heteroatoms. The summed E-state index contributed by atoms with van der Waals surface area (Å²) in [5.41, 5.74) is 4.25. The molecule has 1 unspecified atom stereocenters. The molecule has 0 aliphatic carbocycles. The molecule has 0 spiro atoms. The van der Waals surface area contributed by atoms with Gasteiger partial charge in [-0.15, -0.1) is 0 Å². The van der Waals surface area contributed by atoms with Crippen molar-refractivity contribution in [3.8, 4) is 0 Å². The van der Waals surface area contributed by atoms with Crippen LogP contribution in [0.4, 0.5) is 0 Å². The van der Waals surface area contributed by atoms with Gasteiger partial charge in [-0.3, -0.25) is 4.79 Å². The minimum absolute atomic E-state index is 0.160. The average Bonchev–Trinajstić information content (AvgIpc) is 3.49. The maximum atomic E-state index is 13.5. The highest BCUT2D eigenvalue weighted by Gasteiger charge is 2.30. The number of nitrogens with zero attached hydrogens (tertiary/aromatic N) is 3. The summed E-state index contributed by atoms with van der Waals surface area (Å²) < 4.78 is 2.28. The molecule has 150 valence electrons. The number of hydrogen-bond donors (Lipinski definition) is 0. The van der Waals surface area contributed by atoms with Gasteiger partial charge in [0.2, 0.25) is 0 Å². The van der Waals surface area contributed by atoms with Crippen LogP contribution in [-0.4, -0.2) is 32.9 Å². The predicted molar refractivity (Wildman–Crippen MR) is 120 cm³/mol. The Balaban J connectivity index is 1.30. The third-order valence-corrected chi connectivity index (χ3v) is 6.83. The largest absolute Gasteiger partial charge is 0.335 e. The molecular formula is C26H25N3O. The lowest BCUT2D eigenvalue weighted by molar-refractivity contribution is 0.0737. The second-order valence-electron chi connectivity index (χ2n) is 8.62. The molecule has 0 bridgehead atoms. The number of aromatic nitrogens is 2. The molecule has 1 amide bonds. The number of hydrogen-bond acceptors (Lipinski definition) is 2. The van der Waals surface area contributed by atoms with Crippen LogP contribution in [-0.2, 0) is 19.4 Å². The topological polar surface area (TPSA) is 38.1 Å². The van der Waals surface area contributed by atoms with Gasteiger partial charge in [0, 0.05) is 31.1 Å². The summed E-state index contributed by atoms with van der Waals surface area (Å²) in [4.78, 5) is 20.3. The van der Waals surface area contributed by atoms with E-state index in [9.17, 15) is 4.79 Å². The van der Waals surface area contributed by atoms with Crippen LogP contribution in [0.3, 0.4) is 0 Å². The Bertz CT molecular complexity index is 1270. The van der Waals surface area contributed by atoms with Crippen molar-refractivity contribution in [3.05, 3.63) is 77.6 Å². The minimum Gasteiger partial charge on any atom is -0.335 e. The Labute approximate surface area is 176 Å². The first-order chi connectivity index (χ1) is 14.8. The fraction of sp³-hybridized carbons (Fsp3) is 0.308. The zero-order valence-corrected chi connectivity index (χ0v) is 17.1. The molecule has 2 aliphatic heterocycles. The van der Waals surface area contributed by atoms with E-state index < -0.39 is 0 Å². The van der Waals surface area contributed by atoms with Gasteiger partial charge in [0.05, 0.1) is 11.0 Å². The fourth-order valence-electron chi connectivity index (χ4n) is 5.35. The lowest BCUT2D eigenvalue weighted by Crippen LogP contribution is -2.36. The van der Waals surface area contributed by atoms with E-state index in [-0.39, 0.29) is 11.9 Å². The zero-order valence-electron chi connectivity index (χ0n) is 17.1. The van der Waals surface area contributed by atoms with Crippen LogP contribution in [0.15, 0.2) is 60.7 Å². The smallest absolute Gasteiger partial charge is 0.254 e. The lowest BCUT2D eigenvalue weighted by atomic mass is 9.97. The van der Waals surface area contributed by atoms with Gasteiger partial charge in [0.25, 0.3) is 5.91 Å². The van der Waals surface area contributed by atoms with E-state index in [2.05, 4.69) is 58.0 Å². The van der Waals surface area contributed by atoms with Crippen molar-refractivity contribution in [2.24, 2.45) is 0 Å². The van der Waals surface area contributed by atoms with E-state index in [0.29, 0.717) is 0 Å². The molecule has 3 aromatic carbocycles. The molecule has 1 aromatic heterocycles. The number of amides is 1. The molecule has 3 heterocycles. The van der Waals surface area contributed by atoms with Crippen LogP contribution in [0.1, 0.15) is 41.0 Å².